The van der Waals surface area contributed by atoms with E-state index in [4.69, 9.17) is 4.74 Å². The van der Waals surface area contributed by atoms with Gasteiger partial charge in [-0.25, -0.2) is 0 Å². The number of aliphatic hydroxyl groups excluding tert-OH is 1. The van der Waals surface area contributed by atoms with E-state index in [2.05, 4.69) is 34.6 Å². The lowest BCUT2D eigenvalue weighted by Gasteiger charge is -2.45. The average molecular weight is 592 g/mol. The highest BCUT2D eigenvalue weighted by molar-refractivity contribution is 6.00. The van der Waals surface area contributed by atoms with Crippen molar-refractivity contribution < 1.29 is 24.2 Å². The number of likely N-dealkylation sites (tertiary alicyclic amines) is 1. The van der Waals surface area contributed by atoms with Gasteiger partial charge in [-0.05, 0) is 50.5 Å². The zero-order chi connectivity index (χ0) is 31.2. The van der Waals surface area contributed by atoms with Gasteiger partial charge in [0.25, 0.3) is 0 Å². The van der Waals surface area contributed by atoms with Crippen molar-refractivity contribution in [3.05, 3.63) is 60.2 Å². The normalized spacial score (nSPS) is 30.8. The summed E-state index contributed by atoms with van der Waals surface area (Å²) in [5.74, 6) is -2.05. The van der Waals surface area contributed by atoms with E-state index in [0.29, 0.717) is 45.4 Å². The molecule has 1 aromatic rings. The Labute approximate surface area is 256 Å². The molecule has 4 heterocycles. The van der Waals surface area contributed by atoms with E-state index in [1.54, 1.807) is 4.90 Å². The van der Waals surface area contributed by atoms with Crippen molar-refractivity contribution in [1.82, 2.24) is 14.7 Å². The van der Waals surface area contributed by atoms with Gasteiger partial charge in [-0.1, -0.05) is 82.3 Å². The summed E-state index contributed by atoms with van der Waals surface area (Å²) in [6.45, 7) is 14.3. The fraction of sp³-hybridized carbons (Fsp3) is 0.629. The largest absolute Gasteiger partial charge is 0.396 e. The molecule has 4 aliphatic rings. The number of benzene rings is 1. The second-order valence-corrected chi connectivity index (χ2v) is 14.6. The first-order valence-electron chi connectivity index (χ1n) is 15.9. The monoisotopic (exact) mass is 591 g/mol. The van der Waals surface area contributed by atoms with Crippen molar-refractivity contribution in [2.24, 2.45) is 17.3 Å². The molecule has 0 aromatic heterocycles. The molecule has 8 nitrogen and oxygen atoms in total. The lowest BCUT2D eigenvalue weighted by atomic mass is 9.72. The SMILES string of the molecule is CC[C@]12C=CCN(Cc3ccccc3)C(=O)[C@H]1[C@H]1C(=O)N(CCCCO)C3C(=O)N(C(C)(C)CC(C)(C)C)CC=C[C@@]31O2. The molecule has 234 valence electrons. The highest BCUT2D eigenvalue weighted by Crippen LogP contribution is 2.59. The van der Waals surface area contributed by atoms with E-state index in [1.165, 1.54) is 0 Å². The third-order valence-electron chi connectivity index (χ3n) is 9.74. The Morgan fingerprint density at radius 3 is 2.26 bits per heavy atom. The molecule has 0 bridgehead atoms. The fourth-order valence-electron chi connectivity index (χ4n) is 8.33. The number of amides is 3. The van der Waals surface area contributed by atoms with E-state index in [0.717, 1.165) is 12.0 Å². The second kappa shape index (κ2) is 11.5. The van der Waals surface area contributed by atoms with Gasteiger partial charge in [-0.3, -0.25) is 14.4 Å². The average Bonchev–Trinajstić information content (AvgIpc) is 3.22. The number of fused-ring (bicyclic) bond motifs is 2. The molecule has 43 heavy (non-hydrogen) atoms. The Morgan fingerprint density at radius 2 is 1.60 bits per heavy atom. The van der Waals surface area contributed by atoms with Crippen LogP contribution in [-0.2, 0) is 25.7 Å². The highest BCUT2D eigenvalue weighted by atomic mass is 16.5. The van der Waals surface area contributed by atoms with Crippen LogP contribution in [0.5, 0.6) is 0 Å². The fourth-order valence-corrected chi connectivity index (χ4v) is 8.33. The molecule has 4 aliphatic heterocycles. The molecule has 5 atom stereocenters. The molecule has 0 saturated carbocycles. The summed E-state index contributed by atoms with van der Waals surface area (Å²) in [6, 6.07) is 8.99. The molecule has 1 aromatic carbocycles. The predicted octanol–water partition coefficient (Wildman–Crippen LogP) is 4.33. The maximum atomic E-state index is 14.8. The van der Waals surface area contributed by atoms with Gasteiger partial charge in [0, 0.05) is 38.3 Å². The molecule has 1 unspecified atom stereocenters. The van der Waals surface area contributed by atoms with Crippen LogP contribution < -0.4 is 0 Å². The lowest BCUT2D eigenvalue weighted by Crippen LogP contribution is -2.60. The second-order valence-electron chi connectivity index (χ2n) is 14.6. The van der Waals surface area contributed by atoms with Crippen molar-refractivity contribution in [1.29, 1.82) is 0 Å². The van der Waals surface area contributed by atoms with Crippen LogP contribution in [0, 0.1) is 17.3 Å². The van der Waals surface area contributed by atoms with Crippen LogP contribution in [0.3, 0.4) is 0 Å². The van der Waals surface area contributed by atoms with Gasteiger partial charge in [0.2, 0.25) is 17.7 Å². The van der Waals surface area contributed by atoms with Crippen molar-refractivity contribution >= 4 is 17.7 Å². The van der Waals surface area contributed by atoms with Crippen LogP contribution in [0.15, 0.2) is 54.6 Å². The van der Waals surface area contributed by atoms with Crippen LogP contribution in [0.1, 0.15) is 72.8 Å². The zero-order valence-electron chi connectivity index (χ0n) is 26.7. The number of rotatable bonds is 9. The number of hydrogen-bond donors (Lipinski definition) is 1. The number of carbonyl (C=O) groups excluding carboxylic acids is 3. The molecule has 1 spiro atoms. The molecule has 1 N–H and O–H groups in total. The van der Waals surface area contributed by atoms with Gasteiger partial charge in [-0.2, -0.15) is 0 Å². The van der Waals surface area contributed by atoms with Crippen molar-refractivity contribution in [3.63, 3.8) is 0 Å². The molecule has 8 heteroatoms. The Hall–Kier alpha value is -2.97. The minimum absolute atomic E-state index is 0.00958. The quantitative estimate of drug-likeness (QED) is 0.341. The number of nitrogens with zero attached hydrogens (tertiary/aromatic N) is 3. The van der Waals surface area contributed by atoms with Gasteiger partial charge in [-0.15, -0.1) is 0 Å². The summed E-state index contributed by atoms with van der Waals surface area (Å²) in [5, 5.41) is 9.52. The summed E-state index contributed by atoms with van der Waals surface area (Å²) < 4.78 is 7.11. The highest BCUT2D eigenvalue weighted by Gasteiger charge is 2.75. The number of ether oxygens (including phenoxy) is 1. The number of hydrogen-bond acceptors (Lipinski definition) is 5. The molecule has 5 rings (SSSR count). The van der Waals surface area contributed by atoms with Crippen molar-refractivity contribution in [2.45, 2.75) is 96.6 Å². The summed E-state index contributed by atoms with van der Waals surface area (Å²) in [5.41, 5.74) is -1.74. The van der Waals surface area contributed by atoms with E-state index in [1.807, 2.05) is 71.4 Å². The molecule has 3 amide bonds. The Balaban J connectivity index is 1.59. The summed E-state index contributed by atoms with van der Waals surface area (Å²) in [4.78, 5) is 49.3. The molecule has 2 fully saturated rings. The minimum atomic E-state index is -1.27. The first kappa shape index (κ1) is 31.5. The number of carbonyl (C=O) groups is 3. The van der Waals surface area contributed by atoms with E-state index >= 15 is 0 Å². The summed E-state index contributed by atoms with van der Waals surface area (Å²) in [6.07, 6.45) is 10.2. The molecule has 0 radical (unpaired) electrons. The standard InChI is InChI=1S/C35H49N3O5/c1-7-34-17-13-19-36(23-25-15-9-8-10-16-25)29(40)26(34)27-30(41)37(20-11-12-22-39)28-31(42)38(21-14-18-35(27,28)43-34)33(5,6)24-32(2,3)4/h8-10,13-18,26-28,39H,7,11-12,19-24H2,1-6H3/t26-,27+,28?,34+,35+/m1/s1. The van der Waals surface area contributed by atoms with E-state index in [-0.39, 0.29) is 29.7 Å². The third kappa shape index (κ3) is 5.46. The summed E-state index contributed by atoms with van der Waals surface area (Å²) >= 11 is 0. The topological polar surface area (TPSA) is 90.4 Å². The third-order valence-corrected chi connectivity index (χ3v) is 9.74. The Morgan fingerprint density at radius 1 is 0.907 bits per heavy atom. The smallest absolute Gasteiger partial charge is 0.249 e. The number of aliphatic hydroxyl groups is 1. The summed E-state index contributed by atoms with van der Waals surface area (Å²) in [7, 11) is 0. The van der Waals surface area contributed by atoms with E-state index in [9.17, 15) is 19.5 Å². The maximum Gasteiger partial charge on any atom is 0.249 e. The van der Waals surface area contributed by atoms with Gasteiger partial charge in [0.05, 0.1) is 17.4 Å². The molecule has 0 aliphatic carbocycles. The Kier molecular flexibility index (Phi) is 8.42. The van der Waals surface area contributed by atoms with Crippen LogP contribution in [0.2, 0.25) is 0 Å². The lowest BCUT2D eigenvalue weighted by molar-refractivity contribution is -0.157. The predicted molar refractivity (Wildman–Crippen MR) is 166 cm³/mol. The van der Waals surface area contributed by atoms with Crippen LogP contribution in [0.4, 0.5) is 0 Å². The van der Waals surface area contributed by atoms with Gasteiger partial charge < -0.3 is 24.5 Å². The van der Waals surface area contributed by atoms with Crippen LogP contribution in [-0.4, -0.2) is 86.6 Å². The molecular weight excluding hydrogens is 542 g/mol. The number of unbranched alkanes of at least 4 members (excludes halogenated alkanes) is 1. The molecular formula is C35H49N3O5. The maximum absolute atomic E-state index is 14.8. The van der Waals surface area contributed by atoms with E-state index < -0.39 is 34.6 Å². The van der Waals surface area contributed by atoms with Gasteiger partial charge >= 0.3 is 0 Å². The molecule has 2 saturated heterocycles. The first-order chi connectivity index (χ1) is 20.3. The van der Waals surface area contributed by atoms with Crippen LogP contribution in [0.25, 0.3) is 0 Å². The van der Waals surface area contributed by atoms with Gasteiger partial charge in [0.15, 0.2) is 0 Å². The van der Waals surface area contributed by atoms with Crippen molar-refractivity contribution in [3.8, 4) is 0 Å². The van der Waals surface area contributed by atoms with Gasteiger partial charge in [0.1, 0.15) is 11.6 Å². The first-order valence-corrected chi connectivity index (χ1v) is 15.9. The zero-order valence-corrected chi connectivity index (χ0v) is 26.7. The Bertz CT molecular complexity index is 1280. The minimum Gasteiger partial charge on any atom is -0.396 e. The van der Waals surface area contributed by atoms with Crippen LogP contribution >= 0.6 is 0 Å². The van der Waals surface area contributed by atoms with Crippen molar-refractivity contribution in [2.75, 3.05) is 26.2 Å².